The predicted octanol–water partition coefficient (Wildman–Crippen LogP) is 2.22. The third-order valence-corrected chi connectivity index (χ3v) is 3.15. The molecule has 18 heavy (non-hydrogen) atoms. The molecule has 102 valence electrons. The quantitative estimate of drug-likeness (QED) is 0.809. The Balaban J connectivity index is 2.63. The minimum Gasteiger partial charge on any atom is -0.493 e. The zero-order valence-corrected chi connectivity index (χ0v) is 11.8. The first kappa shape index (κ1) is 14.8. The van der Waals surface area contributed by atoms with Gasteiger partial charge >= 0.3 is 0 Å². The van der Waals surface area contributed by atoms with Crippen LogP contribution in [0.25, 0.3) is 0 Å². The number of hydrogen-bond acceptors (Lipinski definition) is 4. The molecule has 0 heterocycles. The fourth-order valence-corrected chi connectivity index (χ4v) is 1.64. The van der Waals surface area contributed by atoms with E-state index in [1.54, 1.807) is 21.3 Å². The first-order valence-electron chi connectivity index (χ1n) is 6.09. The third kappa shape index (κ3) is 3.89. The third-order valence-electron chi connectivity index (χ3n) is 3.15. The maximum absolute atomic E-state index is 5.27. The van der Waals surface area contributed by atoms with Gasteiger partial charge in [-0.1, -0.05) is 6.07 Å². The molecular formula is C14H23NO3. The van der Waals surface area contributed by atoms with Crippen LogP contribution < -0.4 is 14.8 Å². The average molecular weight is 253 g/mol. The van der Waals surface area contributed by atoms with E-state index >= 15 is 0 Å². The summed E-state index contributed by atoms with van der Waals surface area (Å²) in [5, 5.41) is 3.42. The fourth-order valence-electron chi connectivity index (χ4n) is 1.64. The van der Waals surface area contributed by atoms with Crippen molar-refractivity contribution in [3.8, 4) is 11.5 Å². The minimum atomic E-state index is 0.185. The highest BCUT2D eigenvalue weighted by Crippen LogP contribution is 2.27. The molecule has 4 nitrogen and oxygen atoms in total. The number of benzene rings is 1. The van der Waals surface area contributed by atoms with Crippen LogP contribution in [-0.4, -0.2) is 33.5 Å². The number of nitrogens with one attached hydrogen (secondary N) is 1. The van der Waals surface area contributed by atoms with Crippen LogP contribution in [0.15, 0.2) is 18.2 Å². The molecule has 0 radical (unpaired) electrons. The first-order chi connectivity index (χ1) is 8.62. The van der Waals surface area contributed by atoms with E-state index in [1.165, 1.54) is 0 Å². The van der Waals surface area contributed by atoms with Gasteiger partial charge in [-0.2, -0.15) is 0 Å². The van der Waals surface area contributed by atoms with Gasteiger partial charge < -0.3 is 19.5 Å². The van der Waals surface area contributed by atoms with Gasteiger partial charge in [0, 0.05) is 19.7 Å². The molecule has 0 saturated heterocycles. The molecule has 0 amide bonds. The normalized spacial score (nSPS) is 14.1. The summed E-state index contributed by atoms with van der Waals surface area (Å²) in [7, 11) is 5.00. The zero-order chi connectivity index (χ0) is 13.5. The smallest absolute Gasteiger partial charge is 0.161 e. The molecule has 1 aromatic rings. The molecule has 1 N–H and O–H groups in total. The van der Waals surface area contributed by atoms with Crippen LogP contribution in [0.1, 0.15) is 19.4 Å². The molecule has 0 fully saturated rings. The zero-order valence-electron chi connectivity index (χ0n) is 11.8. The van der Waals surface area contributed by atoms with E-state index in [9.17, 15) is 0 Å². The highest BCUT2D eigenvalue weighted by atomic mass is 16.5. The Morgan fingerprint density at radius 1 is 1.06 bits per heavy atom. The summed E-state index contributed by atoms with van der Waals surface area (Å²) < 4.78 is 15.8. The Labute approximate surface area is 109 Å². The lowest BCUT2D eigenvalue weighted by Crippen LogP contribution is -2.36. The maximum Gasteiger partial charge on any atom is 0.161 e. The van der Waals surface area contributed by atoms with Gasteiger partial charge in [-0.25, -0.2) is 0 Å². The summed E-state index contributed by atoms with van der Waals surface area (Å²) in [6, 6.07) is 6.22. The van der Waals surface area contributed by atoms with Crippen molar-refractivity contribution in [3.05, 3.63) is 23.8 Å². The minimum absolute atomic E-state index is 0.185. The summed E-state index contributed by atoms with van der Waals surface area (Å²) >= 11 is 0. The van der Waals surface area contributed by atoms with Crippen molar-refractivity contribution in [2.45, 2.75) is 32.5 Å². The molecule has 1 aromatic carbocycles. The van der Waals surface area contributed by atoms with Gasteiger partial charge in [0.15, 0.2) is 11.5 Å². The van der Waals surface area contributed by atoms with E-state index in [2.05, 4.69) is 12.2 Å². The second-order valence-electron chi connectivity index (χ2n) is 4.30. The van der Waals surface area contributed by atoms with Crippen molar-refractivity contribution < 1.29 is 14.2 Å². The Morgan fingerprint density at radius 2 is 1.72 bits per heavy atom. The molecule has 0 aliphatic heterocycles. The van der Waals surface area contributed by atoms with E-state index < -0.39 is 0 Å². The van der Waals surface area contributed by atoms with Crippen molar-refractivity contribution in [2.75, 3.05) is 21.3 Å². The van der Waals surface area contributed by atoms with Gasteiger partial charge in [-0.05, 0) is 31.5 Å². The second-order valence-corrected chi connectivity index (χ2v) is 4.30. The van der Waals surface area contributed by atoms with Crippen LogP contribution in [0.2, 0.25) is 0 Å². The van der Waals surface area contributed by atoms with Gasteiger partial charge in [0.2, 0.25) is 0 Å². The first-order valence-corrected chi connectivity index (χ1v) is 6.09. The second kappa shape index (κ2) is 7.24. The van der Waals surface area contributed by atoms with Crippen LogP contribution in [-0.2, 0) is 11.3 Å². The molecule has 2 unspecified atom stereocenters. The maximum atomic E-state index is 5.27. The molecular weight excluding hydrogens is 230 g/mol. The van der Waals surface area contributed by atoms with E-state index in [-0.39, 0.29) is 6.10 Å². The number of rotatable bonds is 7. The number of hydrogen-bond donors (Lipinski definition) is 1. The molecule has 2 atom stereocenters. The highest BCUT2D eigenvalue weighted by molar-refractivity contribution is 5.42. The average Bonchev–Trinajstić information content (AvgIpc) is 2.43. The molecule has 0 aromatic heterocycles. The molecule has 1 rings (SSSR count). The van der Waals surface area contributed by atoms with E-state index in [0.29, 0.717) is 6.04 Å². The lowest BCUT2D eigenvalue weighted by Gasteiger charge is -2.20. The van der Waals surface area contributed by atoms with E-state index in [1.807, 2.05) is 25.1 Å². The van der Waals surface area contributed by atoms with Gasteiger partial charge in [-0.3, -0.25) is 0 Å². The SMILES string of the molecule is COc1ccc(CNC(C)C(C)OC)cc1OC. The Bertz CT molecular complexity index is 368. The topological polar surface area (TPSA) is 39.7 Å². The highest BCUT2D eigenvalue weighted by Gasteiger charge is 2.11. The lowest BCUT2D eigenvalue weighted by atomic mass is 10.1. The molecule has 0 spiro atoms. The van der Waals surface area contributed by atoms with Crippen molar-refractivity contribution in [3.63, 3.8) is 0 Å². The standard InChI is InChI=1S/C14H23NO3/c1-10(11(2)16-3)15-9-12-6-7-13(17-4)14(8-12)18-5/h6-8,10-11,15H,9H2,1-5H3. The Hall–Kier alpha value is -1.26. The predicted molar refractivity (Wildman–Crippen MR) is 72.3 cm³/mol. The molecule has 0 saturated carbocycles. The van der Waals surface area contributed by atoms with Crippen LogP contribution in [0.4, 0.5) is 0 Å². The van der Waals surface area contributed by atoms with Gasteiger partial charge in [0.05, 0.1) is 20.3 Å². The van der Waals surface area contributed by atoms with Crippen molar-refractivity contribution in [2.24, 2.45) is 0 Å². The molecule has 0 bridgehead atoms. The largest absolute Gasteiger partial charge is 0.493 e. The van der Waals surface area contributed by atoms with Crippen LogP contribution in [0.5, 0.6) is 11.5 Å². The fraction of sp³-hybridized carbons (Fsp3) is 0.571. The van der Waals surface area contributed by atoms with Crippen LogP contribution >= 0.6 is 0 Å². The van der Waals surface area contributed by atoms with Crippen molar-refractivity contribution in [1.29, 1.82) is 0 Å². The number of methoxy groups -OCH3 is 3. The summed E-state index contributed by atoms with van der Waals surface area (Å²) in [5.74, 6) is 1.50. The summed E-state index contributed by atoms with van der Waals surface area (Å²) in [6.07, 6.45) is 0.185. The summed E-state index contributed by atoms with van der Waals surface area (Å²) in [6.45, 7) is 4.93. The monoisotopic (exact) mass is 253 g/mol. The van der Waals surface area contributed by atoms with Crippen LogP contribution in [0.3, 0.4) is 0 Å². The Kier molecular flexibility index (Phi) is 5.95. The molecule has 4 heteroatoms. The van der Waals surface area contributed by atoms with Gasteiger partial charge in [0.25, 0.3) is 0 Å². The summed E-state index contributed by atoms with van der Waals surface area (Å²) in [5.41, 5.74) is 1.16. The van der Waals surface area contributed by atoms with Gasteiger partial charge in [0.1, 0.15) is 0 Å². The lowest BCUT2D eigenvalue weighted by molar-refractivity contribution is 0.0882. The molecule has 0 aliphatic rings. The molecule has 0 aliphatic carbocycles. The van der Waals surface area contributed by atoms with Gasteiger partial charge in [-0.15, -0.1) is 0 Å². The summed E-state index contributed by atoms with van der Waals surface area (Å²) in [4.78, 5) is 0. The van der Waals surface area contributed by atoms with Crippen molar-refractivity contribution in [1.82, 2.24) is 5.32 Å². The van der Waals surface area contributed by atoms with E-state index in [0.717, 1.165) is 23.6 Å². The van der Waals surface area contributed by atoms with Crippen LogP contribution in [0, 0.1) is 0 Å². The van der Waals surface area contributed by atoms with E-state index in [4.69, 9.17) is 14.2 Å². The van der Waals surface area contributed by atoms with Crippen molar-refractivity contribution >= 4 is 0 Å². The number of ether oxygens (including phenoxy) is 3. The Morgan fingerprint density at radius 3 is 2.28 bits per heavy atom.